The van der Waals surface area contributed by atoms with Crippen molar-refractivity contribution in [3.63, 3.8) is 0 Å². The summed E-state index contributed by atoms with van der Waals surface area (Å²) in [5, 5.41) is 5.61. The van der Waals surface area contributed by atoms with Gasteiger partial charge in [-0.15, -0.1) is 0 Å². The average Bonchev–Trinajstić information content (AvgIpc) is 2.81. The summed E-state index contributed by atoms with van der Waals surface area (Å²) in [5.41, 5.74) is 8.28. The van der Waals surface area contributed by atoms with Crippen molar-refractivity contribution in [2.24, 2.45) is 5.73 Å². The Morgan fingerprint density at radius 2 is 2.19 bits per heavy atom. The summed E-state index contributed by atoms with van der Waals surface area (Å²) in [6.07, 6.45) is 1.11. The van der Waals surface area contributed by atoms with E-state index in [0.29, 0.717) is 18.8 Å². The van der Waals surface area contributed by atoms with Crippen LogP contribution in [0.3, 0.4) is 0 Å². The number of rotatable bonds is 4. The summed E-state index contributed by atoms with van der Waals surface area (Å²) in [4.78, 5) is 25.5. The predicted molar refractivity (Wildman–Crippen MR) is 83.5 cm³/mol. The normalized spacial score (nSPS) is 14.5. The fourth-order valence-corrected chi connectivity index (χ4v) is 2.42. The van der Waals surface area contributed by atoms with E-state index in [1.807, 2.05) is 25.1 Å². The van der Waals surface area contributed by atoms with Crippen LogP contribution in [0.2, 0.25) is 0 Å². The molecule has 4 N–H and O–H groups in total. The number of amides is 3. The van der Waals surface area contributed by atoms with E-state index in [4.69, 9.17) is 5.73 Å². The number of carbonyl (C=O) groups excluding carboxylic acids is 2. The minimum absolute atomic E-state index is 0.102. The first-order valence-electron chi connectivity index (χ1n) is 7.25. The van der Waals surface area contributed by atoms with Gasteiger partial charge < -0.3 is 16.4 Å². The molecule has 1 aromatic rings. The second-order valence-electron chi connectivity index (χ2n) is 5.31. The Balaban J connectivity index is 2.12. The molecule has 21 heavy (non-hydrogen) atoms. The molecule has 1 aliphatic rings. The van der Waals surface area contributed by atoms with Crippen molar-refractivity contribution in [1.82, 2.24) is 5.32 Å². The Labute approximate surface area is 124 Å². The van der Waals surface area contributed by atoms with Gasteiger partial charge in [0.25, 0.3) is 0 Å². The minimum atomic E-state index is -0.175. The standard InChI is InChI=1S/C15H22N4O2/c1-3-17-15(21)19-7-6-11-4-5-12(9-13(11)19)18-14(20)8-10(2)16/h4-5,9-10H,3,6-8,16H2,1-2H3,(H,17,21)(H,18,20). The molecule has 1 aromatic carbocycles. The number of nitrogens with two attached hydrogens (primary N) is 1. The highest BCUT2D eigenvalue weighted by Crippen LogP contribution is 2.30. The molecule has 6 heteroatoms. The number of anilines is 2. The van der Waals surface area contributed by atoms with Crippen LogP contribution in [-0.2, 0) is 11.2 Å². The van der Waals surface area contributed by atoms with Crippen LogP contribution in [0, 0.1) is 0 Å². The van der Waals surface area contributed by atoms with E-state index in [2.05, 4.69) is 10.6 Å². The van der Waals surface area contributed by atoms with Crippen LogP contribution in [0.25, 0.3) is 0 Å². The Bertz CT molecular complexity index is 542. The lowest BCUT2D eigenvalue weighted by molar-refractivity contribution is -0.116. The summed E-state index contributed by atoms with van der Waals surface area (Å²) in [6, 6.07) is 5.38. The van der Waals surface area contributed by atoms with Gasteiger partial charge >= 0.3 is 6.03 Å². The highest BCUT2D eigenvalue weighted by Gasteiger charge is 2.24. The molecule has 1 aliphatic heterocycles. The van der Waals surface area contributed by atoms with E-state index in [1.54, 1.807) is 11.8 Å². The average molecular weight is 290 g/mol. The number of benzene rings is 1. The predicted octanol–water partition coefficient (Wildman–Crippen LogP) is 1.45. The summed E-state index contributed by atoms with van der Waals surface area (Å²) in [7, 11) is 0. The number of nitrogens with zero attached hydrogens (tertiary/aromatic N) is 1. The van der Waals surface area contributed by atoms with Crippen LogP contribution < -0.4 is 21.3 Å². The van der Waals surface area contributed by atoms with Crippen molar-refractivity contribution in [2.45, 2.75) is 32.7 Å². The lowest BCUT2D eigenvalue weighted by atomic mass is 10.1. The van der Waals surface area contributed by atoms with Gasteiger partial charge in [0.05, 0.1) is 5.69 Å². The van der Waals surface area contributed by atoms with E-state index in [9.17, 15) is 9.59 Å². The Kier molecular flexibility index (Phi) is 4.80. The van der Waals surface area contributed by atoms with Gasteiger partial charge in [0, 0.05) is 31.2 Å². The number of nitrogens with one attached hydrogen (secondary N) is 2. The SMILES string of the molecule is CCNC(=O)N1CCc2ccc(NC(=O)CC(C)N)cc21. The van der Waals surface area contributed by atoms with Crippen LogP contribution >= 0.6 is 0 Å². The van der Waals surface area contributed by atoms with Gasteiger partial charge in [0.2, 0.25) is 5.91 Å². The van der Waals surface area contributed by atoms with Crippen LogP contribution in [0.5, 0.6) is 0 Å². The largest absolute Gasteiger partial charge is 0.338 e. The second kappa shape index (κ2) is 6.58. The zero-order valence-electron chi connectivity index (χ0n) is 12.5. The summed E-state index contributed by atoms with van der Waals surface area (Å²) < 4.78 is 0. The van der Waals surface area contributed by atoms with E-state index >= 15 is 0 Å². The maximum absolute atomic E-state index is 12.0. The number of carbonyl (C=O) groups is 2. The van der Waals surface area contributed by atoms with Gasteiger partial charge in [0.1, 0.15) is 0 Å². The molecule has 0 saturated heterocycles. The van der Waals surface area contributed by atoms with Gasteiger partial charge in [-0.1, -0.05) is 6.07 Å². The van der Waals surface area contributed by atoms with Crippen molar-refractivity contribution >= 4 is 23.3 Å². The van der Waals surface area contributed by atoms with Crippen LogP contribution in [0.1, 0.15) is 25.8 Å². The molecule has 3 amide bonds. The van der Waals surface area contributed by atoms with Crippen molar-refractivity contribution in [1.29, 1.82) is 0 Å². The molecule has 0 fully saturated rings. The molecule has 0 aliphatic carbocycles. The molecule has 0 saturated carbocycles. The minimum Gasteiger partial charge on any atom is -0.338 e. The Morgan fingerprint density at radius 1 is 1.43 bits per heavy atom. The maximum atomic E-state index is 12.0. The highest BCUT2D eigenvalue weighted by molar-refractivity contribution is 5.96. The molecule has 114 valence electrons. The van der Waals surface area contributed by atoms with Crippen LogP contribution in [-0.4, -0.2) is 31.1 Å². The second-order valence-corrected chi connectivity index (χ2v) is 5.31. The number of fused-ring (bicyclic) bond motifs is 1. The number of hydrogen-bond acceptors (Lipinski definition) is 3. The first-order chi connectivity index (χ1) is 10.0. The zero-order valence-corrected chi connectivity index (χ0v) is 12.5. The Morgan fingerprint density at radius 3 is 2.86 bits per heavy atom. The third-order valence-electron chi connectivity index (χ3n) is 3.35. The fourth-order valence-electron chi connectivity index (χ4n) is 2.42. The van der Waals surface area contributed by atoms with Gasteiger partial charge in [-0.05, 0) is 38.0 Å². The van der Waals surface area contributed by atoms with E-state index in [0.717, 1.165) is 17.7 Å². The van der Waals surface area contributed by atoms with Gasteiger partial charge in [0.15, 0.2) is 0 Å². The summed E-state index contributed by atoms with van der Waals surface area (Å²) in [5.74, 6) is -0.118. The van der Waals surface area contributed by atoms with E-state index in [1.165, 1.54) is 0 Å². The molecule has 1 atom stereocenters. The van der Waals surface area contributed by atoms with E-state index < -0.39 is 0 Å². The third kappa shape index (κ3) is 3.72. The molecule has 2 rings (SSSR count). The topological polar surface area (TPSA) is 87.5 Å². The third-order valence-corrected chi connectivity index (χ3v) is 3.35. The molecule has 1 heterocycles. The zero-order chi connectivity index (χ0) is 15.4. The van der Waals surface area contributed by atoms with E-state index in [-0.39, 0.29) is 24.4 Å². The molecule has 0 radical (unpaired) electrons. The molecule has 6 nitrogen and oxygen atoms in total. The van der Waals surface area contributed by atoms with Crippen molar-refractivity contribution in [3.8, 4) is 0 Å². The highest BCUT2D eigenvalue weighted by atomic mass is 16.2. The smallest absolute Gasteiger partial charge is 0.321 e. The quantitative estimate of drug-likeness (QED) is 0.784. The summed E-state index contributed by atoms with van der Waals surface area (Å²) in [6.45, 7) is 4.94. The van der Waals surface area contributed by atoms with Crippen molar-refractivity contribution in [2.75, 3.05) is 23.3 Å². The first kappa shape index (κ1) is 15.3. The molecule has 0 bridgehead atoms. The lowest BCUT2D eigenvalue weighted by Gasteiger charge is -2.18. The van der Waals surface area contributed by atoms with Crippen molar-refractivity contribution < 1.29 is 9.59 Å². The molecular formula is C15H22N4O2. The van der Waals surface area contributed by atoms with Crippen LogP contribution in [0.4, 0.5) is 16.2 Å². The molecule has 0 aromatic heterocycles. The number of hydrogen-bond donors (Lipinski definition) is 3. The van der Waals surface area contributed by atoms with Gasteiger partial charge in [-0.3, -0.25) is 9.69 Å². The van der Waals surface area contributed by atoms with Crippen molar-refractivity contribution in [3.05, 3.63) is 23.8 Å². The van der Waals surface area contributed by atoms with Gasteiger partial charge in [-0.2, -0.15) is 0 Å². The molecule has 0 spiro atoms. The molecule has 1 unspecified atom stereocenters. The Hall–Kier alpha value is -2.08. The lowest BCUT2D eigenvalue weighted by Crippen LogP contribution is -2.38. The number of urea groups is 1. The summed E-state index contributed by atoms with van der Waals surface area (Å²) >= 11 is 0. The first-order valence-corrected chi connectivity index (χ1v) is 7.25. The molecular weight excluding hydrogens is 268 g/mol. The maximum Gasteiger partial charge on any atom is 0.321 e. The monoisotopic (exact) mass is 290 g/mol. The fraction of sp³-hybridized carbons (Fsp3) is 0.467. The van der Waals surface area contributed by atoms with Gasteiger partial charge in [-0.25, -0.2) is 4.79 Å². The van der Waals surface area contributed by atoms with Crippen LogP contribution in [0.15, 0.2) is 18.2 Å².